The fourth-order valence-corrected chi connectivity index (χ4v) is 2.21. The summed E-state index contributed by atoms with van der Waals surface area (Å²) >= 11 is 0. The highest BCUT2D eigenvalue weighted by Crippen LogP contribution is 2.34. The minimum atomic E-state index is 0.128. The van der Waals surface area contributed by atoms with Gasteiger partial charge in [-0.2, -0.15) is 0 Å². The number of rotatable bonds is 0. The van der Waals surface area contributed by atoms with Crippen LogP contribution in [0.2, 0.25) is 0 Å². The maximum atomic E-state index is 12.2. The van der Waals surface area contributed by atoms with Crippen LogP contribution in [0.5, 0.6) is 11.5 Å². The van der Waals surface area contributed by atoms with Crippen LogP contribution in [-0.4, -0.2) is 5.78 Å². The lowest BCUT2D eigenvalue weighted by Gasteiger charge is -2.08. The molecule has 0 spiro atoms. The zero-order valence-electron chi connectivity index (χ0n) is 9.57. The van der Waals surface area contributed by atoms with Gasteiger partial charge in [-0.05, 0) is 24.6 Å². The summed E-state index contributed by atoms with van der Waals surface area (Å²) < 4.78 is 5.83. The Balaban J connectivity index is 2.21. The Labute approximate surface area is 99.9 Å². The second kappa shape index (κ2) is 3.74. The van der Waals surface area contributed by atoms with E-state index in [1.807, 2.05) is 49.4 Å². The molecule has 1 aliphatic rings. The third-order valence-electron chi connectivity index (χ3n) is 3.06. The number of aryl methyl sites for hydroxylation is 1. The van der Waals surface area contributed by atoms with E-state index < -0.39 is 0 Å². The average Bonchev–Trinajstić information content (AvgIpc) is 2.45. The van der Waals surface area contributed by atoms with E-state index in [1.165, 1.54) is 0 Å². The number of hydrogen-bond acceptors (Lipinski definition) is 2. The smallest absolute Gasteiger partial charge is 0.171 e. The highest BCUT2D eigenvalue weighted by molar-refractivity contribution is 6.02. The number of benzene rings is 2. The van der Waals surface area contributed by atoms with Gasteiger partial charge in [0.2, 0.25) is 0 Å². The molecule has 17 heavy (non-hydrogen) atoms. The fourth-order valence-electron chi connectivity index (χ4n) is 2.21. The Morgan fingerprint density at radius 2 is 1.76 bits per heavy atom. The predicted octanol–water partition coefficient (Wildman–Crippen LogP) is 3.53. The fraction of sp³-hybridized carbons (Fsp3) is 0.133. The Morgan fingerprint density at radius 1 is 1.00 bits per heavy atom. The molecule has 3 rings (SSSR count). The molecule has 0 aromatic heterocycles. The Morgan fingerprint density at radius 3 is 2.65 bits per heavy atom. The first-order valence-corrected chi connectivity index (χ1v) is 5.64. The summed E-state index contributed by atoms with van der Waals surface area (Å²) in [5.41, 5.74) is 2.64. The van der Waals surface area contributed by atoms with Crippen LogP contribution in [0.4, 0.5) is 0 Å². The minimum Gasteiger partial charge on any atom is -0.456 e. The third kappa shape index (κ3) is 1.62. The molecule has 0 amide bonds. The van der Waals surface area contributed by atoms with Crippen molar-refractivity contribution >= 4 is 5.78 Å². The van der Waals surface area contributed by atoms with Crippen LogP contribution in [0.15, 0.2) is 42.5 Å². The van der Waals surface area contributed by atoms with E-state index in [9.17, 15) is 4.79 Å². The topological polar surface area (TPSA) is 26.3 Å². The molecule has 0 bridgehead atoms. The van der Waals surface area contributed by atoms with E-state index in [4.69, 9.17) is 4.74 Å². The molecule has 84 valence electrons. The van der Waals surface area contributed by atoms with E-state index >= 15 is 0 Å². The summed E-state index contributed by atoms with van der Waals surface area (Å²) in [6.45, 7) is 1.94. The Bertz CT molecular complexity index is 600. The third-order valence-corrected chi connectivity index (χ3v) is 3.06. The maximum Gasteiger partial charge on any atom is 0.171 e. The van der Waals surface area contributed by atoms with Gasteiger partial charge in [0, 0.05) is 12.0 Å². The van der Waals surface area contributed by atoms with Crippen molar-refractivity contribution in [3.05, 3.63) is 59.2 Å². The molecule has 0 saturated heterocycles. The van der Waals surface area contributed by atoms with Crippen molar-refractivity contribution in [2.45, 2.75) is 13.3 Å². The van der Waals surface area contributed by atoms with Crippen molar-refractivity contribution in [3.63, 3.8) is 0 Å². The number of Topliss-reactive ketones (excluding diaryl/α,β-unsaturated/α-hetero) is 1. The summed E-state index contributed by atoms with van der Waals surface area (Å²) in [5, 5.41) is 0. The summed E-state index contributed by atoms with van der Waals surface area (Å²) in [6.07, 6.45) is 0.411. The number of carbonyl (C=O) groups is 1. The molecule has 0 saturated carbocycles. The van der Waals surface area contributed by atoms with Gasteiger partial charge in [0.25, 0.3) is 0 Å². The van der Waals surface area contributed by atoms with Crippen molar-refractivity contribution in [3.8, 4) is 11.5 Å². The lowest BCUT2D eigenvalue weighted by Crippen LogP contribution is -2.03. The van der Waals surface area contributed by atoms with E-state index in [-0.39, 0.29) is 5.78 Å². The summed E-state index contributed by atoms with van der Waals surface area (Å²) in [7, 11) is 0. The van der Waals surface area contributed by atoms with Crippen LogP contribution in [0, 0.1) is 6.92 Å². The number of para-hydroxylation sites is 1. The Kier molecular flexibility index (Phi) is 2.22. The molecule has 0 N–H and O–H groups in total. The lowest BCUT2D eigenvalue weighted by molar-refractivity contribution is 0.0993. The maximum absolute atomic E-state index is 12.2. The molecule has 1 heterocycles. The van der Waals surface area contributed by atoms with Gasteiger partial charge >= 0.3 is 0 Å². The van der Waals surface area contributed by atoms with Crippen molar-refractivity contribution in [1.29, 1.82) is 0 Å². The van der Waals surface area contributed by atoms with Crippen molar-refractivity contribution in [2.24, 2.45) is 0 Å². The van der Waals surface area contributed by atoms with Crippen molar-refractivity contribution < 1.29 is 9.53 Å². The van der Waals surface area contributed by atoms with Crippen LogP contribution in [-0.2, 0) is 6.42 Å². The minimum absolute atomic E-state index is 0.128. The summed E-state index contributed by atoms with van der Waals surface area (Å²) in [5.74, 6) is 1.58. The normalized spacial score (nSPS) is 13.4. The number of ether oxygens (including phenoxy) is 1. The molecular weight excluding hydrogens is 212 g/mol. The number of carbonyl (C=O) groups excluding carboxylic acids is 1. The predicted molar refractivity (Wildman–Crippen MR) is 65.7 cm³/mol. The molecular formula is C15H12O2. The molecule has 2 aromatic rings. The summed E-state index contributed by atoms with van der Waals surface area (Å²) in [6, 6.07) is 13.4. The molecule has 2 aromatic carbocycles. The second-order valence-electron chi connectivity index (χ2n) is 4.26. The first-order chi connectivity index (χ1) is 8.25. The molecule has 0 atom stereocenters. The molecule has 0 unspecified atom stereocenters. The standard InChI is InChI=1S/C15H12O2/c1-10-5-4-8-14-15(10)12(16)9-11-6-2-3-7-13(11)17-14/h2-8H,9H2,1H3. The Hall–Kier alpha value is -2.09. The first-order valence-electron chi connectivity index (χ1n) is 5.64. The van der Waals surface area contributed by atoms with Crippen molar-refractivity contribution in [1.82, 2.24) is 0 Å². The van der Waals surface area contributed by atoms with E-state index in [0.717, 1.165) is 16.9 Å². The van der Waals surface area contributed by atoms with Gasteiger partial charge < -0.3 is 4.74 Å². The zero-order chi connectivity index (χ0) is 11.8. The second-order valence-corrected chi connectivity index (χ2v) is 4.26. The van der Waals surface area contributed by atoms with Crippen LogP contribution < -0.4 is 4.74 Å². The molecule has 0 radical (unpaired) electrons. The number of fused-ring (bicyclic) bond motifs is 2. The van der Waals surface area contributed by atoms with Gasteiger partial charge in [0.1, 0.15) is 11.5 Å². The quantitative estimate of drug-likeness (QED) is 0.684. The van der Waals surface area contributed by atoms with E-state index in [1.54, 1.807) is 0 Å². The summed E-state index contributed by atoms with van der Waals surface area (Å²) in [4.78, 5) is 12.2. The average molecular weight is 224 g/mol. The highest BCUT2D eigenvalue weighted by atomic mass is 16.5. The molecule has 2 nitrogen and oxygen atoms in total. The largest absolute Gasteiger partial charge is 0.456 e. The molecule has 0 fully saturated rings. The van der Waals surface area contributed by atoms with Gasteiger partial charge in [-0.1, -0.05) is 30.3 Å². The highest BCUT2D eigenvalue weighted by Gasteiger charge is 2.22. The van der Waals surface area contributed by atoms with Crippen LogP contribution in [0.3, 0.4) is 0 Å². The lowest BCUT2D eigenvalue weighted by atomic mass is 9.99. The van der Waals surface area contributed by atoms with E-state index in [2.05, 4.69) is 0 Å². The van der Waals surface area contributed by atoms with E-state index in [0.29, 0.717) is 17.7 Å². The van der Waals surface area contributed by atoms with Gasteiger partial charge in [0.05, 0.1) is 5.56 Å². The van der Waals surface area contributed by atoms with Crippen LogP contribution >= 0.6 is 0 Å². The molecule has 0 aliphatic carbocycles. The number of hydrogen-bond donors (Lipinski definition) is 0. The van der Waals surface area contributed by atoms with Crippen LogP contribution in [0.1, 0.15) is 21.5 Å². The molecule has 1 aliphatic heterocycles. The van der Waals surface area contributed by atoms with Crippen LogP contribution in [0.25, 0.3) is 0 Å². The SMILES string of the molecule is Cc1cccc2c1C(=O)Cc1ccccc1O2. The van der Waals surface area contributed by atoms with Gasteiger partial charge in [0.15, 0.2) is 5.78 Å². The zero-order valence-corrected chi connectivity index (χ0v) is 9.57. The van der Waals surface area contributed by atoms with Gasteiger partial charge in [-0.15, -0.1) is 0 Å². The first kappa shape index (κ1) is 10.1. The monoisotopic (exact) mass is 224 g/mol. The molecule has 2 heteroatoms. The number of ketones is 1. The van der Waals surface area contributed by atoms with Gasteiger partial charge in [-0.25, -0.2) is 0 Å². The van der Waals surface area contributed by atoms with Gasteiger partial charge in [-0.3, -0.25) is 4.79 Å². The van der Waals surface area contributed by atoms with Crippen molar-refractivity contribution in [2.75, 3.05) is 0 Å².